The lowest BCUT2D eigenvalue weighted by Crippen LogP contribution is -2.43. The van der Waals surface area contributed by atoms with E-state index < -0.39 is 17.3 Å². The molecule has 7 nitrogen and oxygen atoms in total. The number of hydrogen-bond acceptors (Lipinski definition) is 6. The summed E-state index contributed by atoms with van der Waals surface area (Å²) in [4.78, 5) is 21.9. The van der Waals surface area contributed by atoms with Gasteiger partial charge < -0.3 is 20.5 Å². The van der Waals surface area contributed by atoms with Gasteiger partial charge in [-0.05, 0) is 85.4 Å². The summed E-state index contributed by atoms with van der Waals surface area (Å²) in [6, 6.07) is 18.8. The number of aliphatic hydroxyl groups is 1. The maximum Gasteiger partial charge on any atom is 0.416 e. The SMILES string of the molecule is CCOc1cc(Br)c2c(C(=O)NC3(c4ccccc4)CC3)c(CN3CCC(NCCO)CC3)c(-c3cccc(C(F)(F)F)c3)nc2c1. The zero-order valence-electron chi connectivity index (χ0n) is 26.2. The summed E-state index contributed by atoms with van der Waals surface area (Å²) in [6.07, 6.45) is -1.31. The molecule has 6 rings (SSSR count). The third-order valence-electron chi connectivity index (χ3n) is 9.06. The largest absolute Gasteiger partial charge is 0.494 e. The molecule has 0 bridgehead atoms. The molecule has 4 aromatic rings. The van der Waals surface area contributed by atoms with Crippen molar-refractivity contribution in [2.45, 2.75) is 56.9 Å². The maximum atomic E-state index is 14.7. The van der Waals surface area contributed by atoms with Gasteiger partial charge in [0.1, 0.15) is 5.75 Å². The van der Waals surface area contributed by atoms with E-state index in [0.717, 1.165) is 43.4 Å². The normalized spacial score (nSPS) is 16.7. The summed E-state index contributed by atoms with van der Waals surface area (Å²) >= 11 is 3.70. The van der Waals surface area contributed by atoms with Crippen LogP contribution < -0.4 is 15.4 Å². The van der Waals surface area contributed by atoms with Gasteiger partial charge in [-0.15, -0.1) is 0 Å². The summed E-state index contributed by atoms with van der Waals surface area (Å²) in [5, 5.41) is 16.5. The standard InChI is InChI=1S/C36H38BrF3N4O3/c1-2-47-27-20-29(37)32-30(21-27)42-33(23-7-6-10-25(19-23)36(38,39)40)28(22-44-16-11-26(12-17-44)41-15-18-45)31(32)34(46)43-35(13-14-35)24-8-4-3-5-9-24/h3-10,19-21,26,41,45H,2,11-18,22H2,1H3,(H,43,46). The van der Waals surface area contributed by atoms with Crippen molar-refractivity contribution < 1.29 is 27.8 Å². The summed E-state index contributed by atoms with van der Waals surface area (Å²) in [7, 11) is 0. The van der Waals surface area contributed by atoms with Gasteiger partial charge in [0.25, 0.3) is 5.91 Å². The summed E-state index contributed by atoms with van der Waals surface area (Å²) in [5.74, 6) is 0.236. The van der Waals surface area contributed by atoms with Crippen LogP contribution in [0.5, 0.6) is 5.75 Å². The van der Waals surface area contributed by atoms with Gasteiger partial charge in [0.05, 0.1) is 41.1 Å². The van der Waals surface area contributed by atoms with E-state index in [1.807, 2.05) is 37.3 Å². The molecular formula is C36H38BrF3N4O3. The fourth-order valence-electron chi connectivity index (χ4n) is 6.53. The molecule has 1 amide bonds. The Morgan fingerprint density at radius 1 is 1.09 bits per heavy atom. The molecular weight excluding hydrogens is 673 g/mol. The maximum absolute atomic E-state index is 14.7. The lowest BCUT2D eigenvalue weighted by atomic mass is 9.93. The Balaban J connectivity index is 1.52. The molecule has 1 aliphatic carbocycles. The molecule has 3 N–H and O–H groups in total. The Bertz CT molecular complexity index is 1740. The van der Waals surface area contributed by atoms with Crippen LogP contribution in [0.3, 0.4) is 0 Å². The van der Waals surface area contributed by atoms with E-state index in [0.29, 0.717) is 70.7 Å². The lowest BCUT2D eigenvalue weighted by Gasteiger charge is -2.33. The van der Waals surface area contributed by atoms with Crippen molar-refractivity contribution in [1.29, 1.82) is 0 Å². The third-order valence-corrected chi connectivity index (χ3v) is 9.68. The number of amides is 1. The second kappa shape index (κ2) is 13.9. The number of nitrogens with zero attached hydrogens (tertiary/aromatic N) is 2. The van der Waals surface area contributed by atoms with Crippen molar-refractivity contribution in [3.8, 4) is 17.0 Å². The number of piperidine rings is 1. The summed E-state index contributed by atoms with van der Waals surface area (Å²) < 4.78 is 48.3. The van der Waals surface area contributed by atoms with Gasteiger partial charge in [-0.3, -0.25) is 9.69 Å². The van der Waals surface area contributed by atoms with Crippen LogP contribution in [0.4, 0.5) is 13.2 Å². The van der Waals surface area contributed by atoms with Gasteiger partial charge in [-0.1, -0.05) is 42.5 Å². The van der Waals surface area contributed by atoms with Gasteiger partial charge in [-0.2, -0.15) is 13.2 Å². The number of aromatic nitrogens is 1. The number of fused-ring (bicyclic) bond motifs is 1. The number of hydrogen-bond donors (Lipinski definition) is 3. The fraction of sp³-hybridized carbons (Fsp3) is 0.389. The summed E-state index contributed by atoms with van der Waals surface area (Å²) in [6.45, 7) is 4.60. The highest BCUT2D eigenvalue weighted by molar-refractivity contribution is 9.10. The molecule has 1 aliphatic heterocycles. The molecule has 0 atom stereocenters. The number of aliphatic hydroxyl groups excluding tert-OH is 1. The van der Waals surface area contributed by atoms with Crippen LogP contribution in [0.15, 0.2) is 71.2 Å². The predicted molar refractivity (Wildman–Crippen MR) is 179 cm³/mol. The average molecular weight is 712 g/mol. The van der Waals surface area contributed by atoms with Crippen molar-refractivity contribution in [1.82, 2.24) is 20.5 Å². The zero-order valence-corrected chi connectivity index (χ0v) is 27.8. The number of alkyl halides is 3. The Morgan fingerprint density at radius 2 is 1.83 bits per heavy atom. The zero-order chi connectivity index (χ0) is 33.2. The van der Waals surface area contributed by atoms with Crippen molar-refractivity contribution in [2.24, 2.45) is 0 Å². The Morgan fingerprint density at radius 3 is 2.49 bits per heavy atom. The van der Waals surface area contributed by atoms with Gasteiger partial charge in [0, 0.05) is 46.2 Å². The number of pyridine rings is 1. The molecule has 2 fully saturated rings. The molecule has 2 aliphatic rings. The highest BCUT2D eigenvalue weighted by Gasteiger charge is 2.46. The smallest absolute Gasteiger partial charge is 0.416 e. The van der Waals surface area contributed by atoms with Crippen LogP contribution in [-0.2, 0) is 18.3 Å². The van der Waals surface area contributed by atoms with Crippen LogP contribution in [0.25, 0.3) is 22.2 Å². The van der Waals surface area contributed by atoms with E-state index in [1.54, 1.807) is 18.2 Å². The van der Waals surface area contributed by atoms with Gasteiger partial charge in [0.2, 0.25) is 0 Å². The second-order valence-corrected chi connectivity index (χ2v) is 13.1. The minimum atomic E-state index is -4.55. The minimum absolute atomic E-state index is 0.0617. The van der Waals surface area contributed by atoms with Crippen molar-refractivity contribution in [2.75, 3.05) is 32.8 Å². The Kier molecular flexibility index (Phi) is 9.89. The average Bonchev–Trinajstić information content (AvgIpc) is 3.85. The molecule has 0 spiro atoms. The van der Waals surface area contributed by atoms with Crippen molar-refractivity contribution in [3.63, 3.8) is 0 Å². The summed E-state index contributed by atoms with van der Waals surface area (Å²) in [5.41, 5.74) is 1.74. The molecule has 0 radical (unpaired) electrons. The van der Waals surface area contributed by atoms with E-state index in [-0.39, 0.29) is 24.1 Å². The first-order chi connectivity index (χ1) is 22.6. The van der Waals surface area contributed by atoms with E-state index >= 15 is 0 Å². The Hall–Kier alpha value is -3.51. The van der Waals surface area contributed by atoms with Crippen LogP contribution in [0.2, 0.25) is 0 Å². The topological polar surface area (TPSA) is 86.7 Å². The fourth-order valence-corrected chi connectivity index (χ4v) is 7.16. The number of rotatable bonds is 11. The van der Waals surface area contributed by atoms with E-state index in [4.69, 9.17) is 9.72 Å². The minimum Gasteiger partial charge on any atom is -0.494 e. The highest BCUT2D eigenvalue weighted by atomic mass is 79.9. The number of carbonyl (C=O) groups is 1. The molecule has 1 saturated carbocycles. The molecule has 3 aromatic carbocycles. The monoisotopic (exact) mass is 710 g/mol. The quantitative estimate of drug-likeness (QED) is 0.155. The number of ether oxygens (including phenoxy) is 1. The first kappa shape index (κ1) is 33.4. The van der Waals surface area contributed by atoms with E-state index in [9.17, 15) is 23.1 Å². The first-order valence-electron chi connectivity index (χ1n) is 16.0. The first-order valence-corrected chi connectivity index (χ1v) is 16.8. The molecule has 47 heavy (non-hydrogen) atoms. The van der Waals surface area contributed by atoms with E-state index in [1.165, 1.54) is 6.07 Å². The molecule has 0 unspecified atom stereocenters. The van der Waals surface area contributed by atoms with E-state index in [2.05, 4.69) is 31.5 Å². The number of halogens is 4. The van der Waals surface area contributed by atoms with Crippen LogP contribution in [0, 0.1) is 0 Å². The molecule has 11 heteroatoms. The van der Waals surface area contributed by atoms with Crippen molar-refractivity contribution >= 4 is 32.7 Å². The number of likely N-dealkylation sites (tertiary alicyclic amines) is 1. The predicted octanol–water partition coefficient (Wildman–Crippen LogP) is 7.05. The number of benzene rings is 3. The van der Waals surface area contributed by atoms with Crippen LogP contribution >= 0.6 is 15.9 Å². The number of nitrogens with one attached hydrogen (secondary N) is 2. The third kappa shape index (κ3) is 7.33. The van der Waals surface area contributed by atoms with Crippen molar-refractivity contribution in [3.05, 3.63) is 93.5 Å². The number of carbonyl (C=O) groups excluding carboxylic acids is 1. The van der Waals surface area contributed by atoms with Gasteiger partial charge >= 0.3 is 6.18 Å². The second-order valence-electron chi connectivity index (χ2n) is 12.3. The van der Waals surface area contributed by atoms with Crippen LogP contribution in [0.1, 0.15) is 59.7 Å². The molecule has 248 valence electrons. The van der Waals surface area contributed by atoms with Crippen LogP contribution in [-0.4, -0.2) is 59.8 Å². The lowest BCUT2D eigenvalue weighted by molar-refractivity contribution is -0.137. The highest BCUT2D eigenvalue weighted by Crippen LogP contribution is 2.46. The molecule has 1 saturated heterocycles. The Labute approximate surface area is 280 Å². The molecule has 1 aromatic heterocycles. The van der Waals surface area contributed by atoms with Gasteiger partial charge in [0.15, 0.2) is 0 Å². The molecule has 2 heterocycles. The van der Waals surface area contributed by atoms with Gasteiger partial charge in [-0.25, -0.2) is 4.98 Å².